The number of nitrogens with zero attached hydrogens (tertiary/aromatic N) is 4. The summed E-state index contributed by atoms with van der Waals surface area (Å²) in [6.07, 6.45) is 4.05. The van der Waals surface area contributed by atoms with Crippen LogP contribution in [0.3, 0.4) is 0 Å². The number of benzene rings is 2. The zero-order chi connectivity index (χ0) is 18.1. The smallest absolute Gasteiger partial charge is 0.235 e. The van der Waals surface area contributed by atoms with Gasteiger partial charge in [0, 0.05) is 5.69 Å². The molecule has 0 aliphatic heterocycles. The topological polar surface area (TPSA) is 72.7 Å². The van der Waals surface area contributed by atoms with Gasteiger partial charge in [0.25, 0.3) is 0 Å². The van der Waals surface area contributed by atoms with E-state index in [2.05, 4.69) is 20.8 Å². The number of aryl methyl sites for hydroxylation is 1. The second-order valence-corrected chi connectivity index (χ2v) is 6.65. The van der Waals surface area contributed by atoms with Crippen molar-refractivity contribution in [3.63, 3.8) is 0 Å². The first-order valence-electron chi connectivity index (χ1n) is 8.50. The van der Waals surface area contributed by atoms with Crippen LogP contribution in [0, 0.1) is 12.7 Å². The van der Waals surface area contributed by atoms with Crippen LogP contribution in [0.1, 0.15) is 30.4 Å². The van der Waals surface area contributed by atoms with E-state index in [0.717, 1.165) is 41.8 Å². The lowest BCUT2D eigenvalue weighted by Gasteiger charge is -2.40. The van der Waals surface area contributed by atoms with E-state index in [1.807, 2.05) is 25.1 Å². The second kappa shape index (κ2) is 6.33. The van der Waals surface area contributed by atoms with Gasteiger partial charge in [-0.25, -0.2) is 9.07 Å². The van der Waals surface area contributed by atoms with E-state index >= 15 is 0 Å². The van der Waals surface area contributed by atoms with Gasteiger partial charge in [0.2, 0.25) is 5.91 Å². The first kappa shape index (κ1) is 16.4. The van der Waals surface area contributed by atoms with Gasteiger partial charge in [0.1, 0.15) is 12.1 Å². The maximum Gasteiger partial charge on any atom is 0.235 e. The molecule has 6 nitrogen and oxygen atoms in total. The zero-order valence-electron chi connectivity index (χ0n) is 14.3. The molecule has 3 aromatic rings. The Morgan fingerprint density at radius 1 is 1.19 bits per heavy atom. The summed E-state index contributed by atoms with van der Waals surface area (Å²) in [7, 11) is 0. The van der Waals surface area contributed by atoms with Gasteiger partial charge in [0.15, 0.2) is 0 Å². The largest absolute Gasteiger partial charge is 0.325 e. The Labute approximate surface area is 150 Å². The SMILES string of the molecule is Cc1cc(NC(=O)C2(c3ccc(F)cc3)CCC2)ccc1-n1cnnn1. The predicted molar refractivity (Wildman–Crippen MR) is 94.4 cm³/mol. The number of hydrogen-bond acceptors (Lipinski definition) is 4. The van der Waals surface area contributed by atoms with E-state index in [1.54, 1.807) is 16.8 Å². The molecule has 1 N–H and O–H groups in total. The molecule has 26 heavy (non-hydrogen) atoms. The van der Waals surface area contributed by atoms with Crippen LogP contribution >= 0.6 is 0 Å². The van der Waals surface area contributed by atoms with E-state index in [1.165, 1.54) is 18.5 Å². The molecule has 0 spiro atoms. The summed E-state index contributed by atoms with van der Waals surface area (Å²) in [4.78, 5) is 13.0. The number of anilines is 1. The van der Waals surface area contributed by atoms with Crippen LogP contribution < -0.4 is 5.32 Å². The zero-order valence-corrected chi connectivity index (χ0v) is 14.3. The van der Waals surface area contributed by atoms with E-state index < -0.39 is 5.41 Å². The monoisotopic (exact) mass is 351 g/mol. The minimum absolute atomic E-state index is 0.0510. The Morgan fingerprint density at radius 2 is 1.96 bits per heavy atom. The Hall–Kier alpha value is -3.09. The maximum atomic E-state index is 13.2. The van der Waals surface area contributed by atoms with Crippen LogP contribution in [0.2, 0.25) is 0 Å². The summed E-state index contributed by atoms with van der Waals surface area (Å²) < 4.78 is 14.8. The van der Waals surface area contributed by atoms with E-state index in [9.17, 15) is 9.18 Å². The van der Waals surface area contributed by atoms with Crippen molar-refractivity contribution in [2.45, 2.75) is 31.6 Å². The van der Waals surface area contributed by atoms with Crippen molar-refractivity contribution in [2.75, 3.05) is 5.32 Å². The fourth-order valence-corrected chi connectivity index (χ4v) is 3.46. The number of hydrogen-bond donors (Lipinski definition) is 1. The number of nitrogens with one attached hydrogen (secondary N) is 1. The van der Waals surface area contributed by atoms with Crippen LogP contribution in [0.25, 0.3) is 5.69 Å². The maximum absolute atomic E-state index is 13.2. The van der Waals surface area contributed by atoms with E-state index in [0.29, 0.717) is 0 Å². The number of tetrazole rings is 1. The lowest BCUT2D eigenvalue weighted by molar-refractivity contribution is -0.124. The second-order valence-electron chi connectivity index (χ2n) is 6.65. The van der Waals surface area contributed by atoms with Gasteiger partial charge in [-0.15, -0.1) is 5.10 Å². The number of carbonyl (C=O) groups is 1. The van der Waals surface area contributed by atoms with Crippen molar-refractivity contribution in [3.8, 4) is 5.69 Å². The third-order valence-electron chi connectivity index (χ3n) is 5.09. The number of amides is 1. The van der Waals surface area contributed by atoms with Crippen LogP contribution in [0.15, 0.2) is 48.8 Å². The van der Waals surface area contributed by atoms with Gasteiger partial charge in [-0.3, -0.25) is 4.79 Å². The third kappa shape index (κ3) is 2.75. The molecule has 132 valence electrons. The van der Waals surface area contributed by atoms with Gasteiger partial charge >= 0.3 is 0 Å². The highest BCUT2D eigenvalue weighted by Gasteiger charge is 2.45. The molecule has 7 heteroatoms. The molecule has 0 radical (unpaired) electrons. The van der Waals surface area contributed by atoms with Gasteiger partial charge in [-0.1, -0.05) is 18.6 Å². The van der Waals surface area contributed by atoms with Crippen LogP contribution in [-0.4, -0.2) is 26.1 Å². The molecular formula is C19H18FN5O. The van der Waals surface area contributed by atoms with Crippen LogP contribution in [-0.2, 0) is 10.2 Å². The molecule has 1 aliphatic carbocycles. The molecule has 1 aromatic heterocycles. The molecule has 4 rings (SSSR count). The molecule has 1 heterocycles. The number of aromatic nitrogens is 4. The molecule has 0 atom stereocenters. The molecule has 0 unspecified atom stereocenters. The molecule has 0 saturated heterocycles. The number of rotatable bonds is 4. The Kier molecular flexibility index (Phi) is 3.99. The van der Waals surface area contributed by atoms with Crippen molar-refractivity contribution >= 4 is 11.6 Å². The highest BCUT2D eigenvalue weighted by Crippen LogP contribution is 2.44. The summed E-state index contributed by atoms with van der Waals surface area (Å²) in [5.41, 5.74) is 2.81. The molecule has 1 amide bonds. The lowest BCUT2D eigenvalue weighted by atomic mass is 9.64. The lowest BCUT2D eigenvalue weighted by Crippen LogP contribution is -2.46. The highest BCUT2D eigenvalue weighted by atomic mass is 19.1. The molecule has 1 saturated carbocycles. The van der Waals surface area contributed by atoms with E-state index in [-0.39, 0.29) is 11.7 Å². The molecule has 2 aromatic carbocycles. The van der Waals surface area contributed by atoms with Crippen molar-refractivity contribution in [2.24, 2.45) is 0 Å². The van der Waals surface area contributed by atoms with Gasteiger partial charge < -0.3 is 5.32 Å². The average Bonchev–Trinajstić information content (AvgIpc) is 3.10. The highest BCUT2D eigenvalue weighted by molar-refractivity contribution is 6.00. The van der Waals surface area contributed by atoms with Gasteiger partial charge in [-0.2, -0.15) is 0 Å². The average molecular weight is 351 g/mol. The van der Waals surface area contributed by atoms with Crippen molar-refractivity contribution in [1.82, 2.24) is 20.2 Å². The first-order valence-corrected chi connectivity index (χ1v) is 8.50. The Balaban J connectivity index is 1.57. The standard InChI is InChI=1S/C19H18FN5O/c1-13-11-16(7-8-17(13)25-12-21-23-24-25)22-18(26)19(9-2-10-19)14-3-5-15(20)6-4-14/h3-8,11-12H,2,9-10H2,1H3,(H,22,26). The number of carbonyl (C=O) groups excluding carboxylic acids is 1. The summed E-state index contributed by atoms with van der Waals surface area (Å²) in [5, 5.41) is 14.2. The molecule has 0 bridgehead atoms. The van der Waals surface area contributed by atoms with E-state index in [4.69, 9.17) is 0 Å². The molecule has 1 aliphatic rings. The van der Waals surface area contributed by atoms with Crippen LogP contribution in [0.5, 0.6) is 0 Å². The normalized spacial score (nSPS) is 15.3. The molecule has 1 fully saturated rings. The minimum Gasteiger partial charge on any atom is -0.325 e. The predicted octanol–water partition coefficient (Wildman–Crippen LogP) is 3.17. The Bertz CT molecular complexity index is 933. The van der Waals surface area contributed by atoms with Crippen molar-refractivity contribution in [3.05, 3.63) is 65.7 Å². The molecular weight excluding hydrogens is 333 g/mol. The fraction of sp³-hybridized carbons (Fsp3) is 0.263. The van der Waals surface area contributed by atoms with Gasteiger partial charge in [0.05, 0.1) is 11.1 Å². The quantitative estimate of drug-likeness (QED) is 0.784. The Morgan fingerprint density at radius 3 is 2.54 bits per heavy atom. The third-order valence-corrected chi connectivity index (χ3v) is 5.09. The summed E-state index contributed by atoms with van der Waals surface area (Å²) in [5.74, 6) is -0.345. The first-order chi connectivity index (χ1) is 12.6. The van der Waals surface area contributed by atoms with Crippen LogP contribution in [0.4, 0.5) is 10.1 Å². The summed E-state index contributed by atoms with van der Waals surface area (Å²) in [6, 6.07) is 11.8. The number of halogens is 1. The summed E-state index contributed by atoms with van der Waals surface area (Å²) >= 11 is 0. The summed E-state index contributed by atoms with van der Waals surface area (Å²) in [6.45, 7) is 1.94. The van der Waals surface area contributed by atoms with Crippen molar-refractivity contribution < 1.29 is 9.18 Å². The minimum atomic E-state index is -0.573. The van der Waals surface area contributed by atoms with Gasteiger partial charge in [-0.05, 0) is 71.7 Å². The van der Waals surface area contributed by atoms with Crippen molar-refractivity contribution in [1.29, 1.82) is 0 Å². The fourth-order valence-electron chi connectivity index (χ4n) is 3.46.